The van der Waals surface area contributed by atoms with Crippen LogP contribution in [0.5, 0.6) is 0 Å². The number of carboxylic acids is 1. The lowest BCUT2D eigenvalue weighted by atomic mass is 9.91. The molecule has 1 aromatic rings. The van der Waals surface area contributed by atoms with Crippen LogP contribution in [0.3, 0.4) is 0 Å². The molecule has 0 bridgehead atoms. The summed E-state index contributed by atoms with van der Waals surface area (Å²) in [7, 11) is 0. The van der Waals surface area contributed by atoms with E-state index in [1.54, 1.807) is 11.3 Å². The summed E-state index contributed by atoms with van der Waals surface area (Å²) in [6, 6.07) is 0. The molecule has 1 fully saturated rings. The van der Waals surface area contributed by atoms with Crippen molar-refractivity contribution >= 4 is 22.4 Å². The number of aromatic nitrogens is 1. The summed E-state index contributed by atoms with van der Waals surface area (Å²) in [6.45, 7) is 6.65. The van der Waals surface area contributed by atoms with Crippen LogP contribution in [0.25, 0.3) is 0 Å². The second-order valence-corrected chi connectivity index (χ2v) is 7.01. The number of fused-ring (bicyclic) bond motifs is 1. The van der Waals surface area contributed by atoms with Crippen LogP contribution in [0.15, 0.2) is 0 Å². The van der Waals surface area contributed by atoms with Crippen molar-refractivity contribution in [3.05, 3.63) is 10.6 Å². The predicted octanol–water partition coefficient (Wildman–Crippen LogP) is 2.74. The number of anilines is 1. The second-order valence-electron chi connectivity index (χ2n) is 5.95. The average molecular weight is 280 g/mol. The van der Waals surface area contributed by atoms with Crippen molar-refractivity contribution in [1.29, 1.82) is 0 Å². The zero-order valence-corrected chi connectivity index (χ0v) is 12.2. The number of rotatable bonds is 2. The highest BCUT2D eigenvalue weighted by Crippen LogP contribution is 2.39. The minimum Gasteiger partial charge on any atom is -0.481 e. The molecule has 0 aromatic carbocycles. The van der Waals surface area contributed by atoms with Crippen LogP contribution in [0.1, 0.15) is 43.2 Å². The maximum atomic E-state index is 11.3. The lowest BCUT2D eigenvalue weighted by Gasteiger charge is -2.16. The molecule has 3 unspecified atom stereocenters. The van der Waals surface area contributed by atoms with Crippen molar-refractivity contribution in [1.82, 2.24) is 4.98 Å². The predicted molar refractivity (Wildman–Crippen MR) is 76.0 cm³/mol. The Morgan fingerprint density at radius 3 is 2.68 bits per heavy atom. The first kappa shape index (κ1) is 12.9. The van der Waals surface area contributed by atoms with Crippen molar-refractivity contribution < 1.29 is 9.90 Å². The number of nitrogens with zero attached hydrogens (tertiary/aromatic N) is 2. The van der Waals surface area contributed by atoms with E-state index in [9.17, 15) is 9.90 Å². The van der Waals surface area contributed by atoms with Gasteiger partial charge in [-0.3, -0.25) is 4.79 Å². The Balaban J connectivity index is 1.88. The van der Waals surface area contributed by atoms with Crippen molar-refractivity contribution in [2.75, 3.05) is 18.0 Å². The third-order valence-corrected chi connectivity index (χ3v) is 5.69. The molecular formula is C14H20N2O2S. The molecule has 1 saturated heterocycles. The van der Waals surface area contributed by atoms with Crippen molar-refractivity contribution in [3.63, 3.8) is 0 Å². The highest BCUT2D eigenvalue weighted by molar-refractivity contribution is 7.15. The molecule has 0 saturated carbocycles. The SMILES string of the molecule is CC1CN(c2nc3c(s2)CCCC3C(=O)O)CC1C. The highest BCUT2D eigenvalue weighted by Gasteiger charge is 2.33. The Bertz CT molecular complexity index is 490. The van der Waals surface area contributed by atoms with Gasteiger partial charge in [0.25, 0.3) is 0 Å². The van der Waals surface area contributed by atoms with Gasteiger partial charge in [-0.05, 0) is 31.1 Å². The molecule has 5 heteroatoms. The van der Waals surface area contributed by atoms with Crippen LogP contribution in [-0.2, 0) is 11.2 Å². The van der Waals surface area contributed by atoms with Gasteiger partial charge >= 0.3 is 5.97 Å². The molecule has 104 valence electrons. The van der Waals surface area contributed by atoms with E-state index >= 15 is 0 Å². The molecule has 2 aliphatic rings. The van der Waals surface area contributed by atoms with Gasteiger partial charge in [-0.15, -0.1) is 11.3 Å². The molecular weight excluding hydrogens is 260 g/mol. The Kier molecular flexibility index (Phi) is 3.25. The Morgan fingerprint density at radius 1 is 1.37 bits per heavy atom. The minimum atomic E-state index is -0.721. The number of hydrogen-bond donors (Lipinski definition) is 1. The number of aryl methyl sites for hydroxylation is 1. The topological polar surface area (TPSA) is 53.4 Å². The van der Waals surface area contributed by atoms with Crippen LogP contribution in [0, 0.1) is 11.8 Å². The summed E-state index contributed by atoms with van der Waals surface area (Å²) in [5, 5.41) is 10.3. The molecule has 0 spiro atoms. The summed E-state index contributed by atoms with van der Waals surface area (Å²) < 4.78 is 0. The molecule has 0 amide bonds. The fourth-order valence-electron chi connectivity index (χ4n) is 3.07. The van der Waals surface area contributed by atoms with E-state index in [0.717, 1.165) is 43.2 Å². The number of carbonyl (C=O) groups is 1. The van der Waals surface area contributed by atoms with Crippen molar-refractivity contribution in [3.8, 4) is 0 Å². The third kappa shape index (κ3) is 2.24. The van der Waals surface area contributed by atoms with E-state index < -0.39 is 5.97 Å². The number of hydrogen-bond acceptors (Lipinski definition) is 4. The first-order valence-corrected chi connectivity index (χ1v) is 7.85. The molecule has 2 heterocycles. The van der Waals surface area contributed by atoms with Gasteiger partial charge in [0.15, 0.2) is 5.13 Å². The molecule has 1 N–H and O–H groups in total. The normalized spacial score (nSPS) is 30.4. The lowest BCUT2D eigenvalue weighted by molar-refractivity contribution is -0.139. The second kappa shape index (κ2) is 4.78. The smallest absolute Gasteiger partial charge is 0.312 e. The minimum absolute atomic E-state index is 0.383. The Hall–Kier alpha value is -1.10. The molecule has 3 rings (SSSR count). The summed E-state index contributed by atoms with van der Waals surface area (Å²) in [4.78, 5) is 19.5. The first-order chi connectivity index (χ1) is 9.06. The summed E-state index contributed by atoms with van der Waals surface area (Å²) >= 11 is 1.71. The van der Waals surface area contributed by atoms with Gasteiger partial charge in [-0.25, -0.2) is 4.98 Å². The molecule has 19 heavy (non-hydrogen) atoms. The van der Waals surface area contributed by atoms with Gasteiger partial charge in [0.2, 0.25) is 0 Å². The van der Waals surface area contributed by atoms with Crippen molar-refractivity contribution in [2.45, 2.75) is 39.0 Å². The molecule has 4 nitrogen and oxygen atoms in total. The fourth-order valence-corrected chi connectivity index (χ4v) is 4.25. The van der Waals surface area contributed by atoms with Gasteiger partial charge < -0.3 is 10.0 Å². The van der Waals surface area contributed by atoms with Gasteiger partial charge in [0, 0.05) is 18.0 Å². The van der Waals surface area contributed by atoms with E-state index in [1.165, 1.54) is 4.88 Å². The van der Waals surface area contributed by atoms with Crippen molar-refractivity contribution in [2.24, 2.45) is 11.8 Å². The maximum Gasteiger partial charge on any atom is 0.312 e. The standard InChI is InChI=1S/C14H20N2O2S/c1-8-6-16(7-9(8)2)14-15-12-10(13(17)18)4-3-5-11(12)19-14/h8-10H,3-7H2,1-2H3,(H,17,18). The van der Waals surface area contributed by atoms with Crippen LogP contribution in [0.4, 0.5) is 5.13 Å². The van der Waals surface area contributed by atoms with Crippen LogP contribution in [0.2, 0.25) is 0 Å². The monoisotopic (exact) mass is 280 g/mol. The summed E-state index contributed by atoms with van der Waals surface area (Å²) in [5.74, 6) is 0.277. The molecule has 1 aliphatic heterocycles. The van der Waals surface area contributed by atoms with Crippen LogP contribution < -0.4 is 4.90 Å². The zero-order valence-electron chi connectivity index (χ0n) is 11.4. The summed E-state index contributed by atoms with van der Waals surface area (Å²) in [5.41, 5.74) is 0.839. The fraction of sp³-hybridized carbons (Fsp3) is 0.714. The Labute approximate surface area is 117 Å². The summed E-state index contributed by atoms with van der Waals surface area (Å²) in [6.07, 6.45) is 2.70. The zero-order chi connectivity index (χ0) is 13.6. The Morgan fingerprint density at radius 2 is 2.05 bits per heavy atom. The van der Waals surface area contributed by atoms with Crippen LogP contribution in [-0.4, -0.2) is 29.1 Å². The van der Waals surface area contributed by atoms with Gasteiger partial charge in [-0.1, -0.05) is 13.8 Å². The third-order valence-electron chi connectivity index (χ3n) is 4.50. The lowest BCUT2D eigenvalue weighted by Crippen LogP contribution is -2.20. The molecule has 1 aliphatic carbocycles. The molecule has 1 aromatic heterocycles. The quantitative estimate of drug-likeness (QED) is 0.905. The number of carboxylic acid groups (broad SMARTS) is 1. The first-order valence-electron chi connectivity index (χ1n) is 7.03. The van der Waals surface area contributed by atoms with E-state index in [4.69, 9.17) is 0 Å². The van der Waals surface area contributed by atoms with E-state index in [2.05, 4.69) is 23.7 Å². The van der Waals surface area contributed by atoms with E-state index in [0.29, 0.717) is 11.8 Å². The largest absolute Gasteiger partial charge is 0.481 e. The number of thiazole rings is 1. The highest BCUT2D eigenvalue weighted by atomic mass is 32.1. The van der Waals surface area contributed by atoms with Gasteiger partial charge in [0.1, 0.15) is 5.92 Å². The van der Waals surface area contributed by atoms with Gasteiger partial charge in [-0.2, -0.15) is 0 Å². The molecule has 3 atom stereocenters. The molecule has 0 radical (unpaired) electrons. The maximum absolute atomic E-state index is 11.3. The van der Waals surface area contributed by atoms with Gasteiger partial charge in [0.05, 0.1) is 5.69 Å². The van der Waals surface area contributed by atoms with E-state index in [1.807, 2.05) is 0 Å². The van der Waals surface area contributed by atoms with E-state index in [-0.39, 0.29) is 5.92 Å². The number of aliphatic carboxylic acids is 1. The average Bonchev–Trinajstić information content (AvgIpc) is 2.93. The van der Waals surface area contributed by atoms with Crippen LogP contribution >= 0.6 is 11.3 Å².